The quantitative estimate of drug-likeness (QED) is 0.817. The van der Waals surface area contributed by atoms with Crippen LogP contribution in [-0.2, 0) is 5.75 Å². The number of benzene rings is 2. The molecule has 1 N–H and O–H groups in total. The van der Waals surface area contributed by atoms with E-state index in [9.17, 15) is 9.50 Å². The molecule has 0 heterocycles. The molecule has 106 valence electrons. The average Bonchev–Trinajstić information content (AvgIpc) is 2.36. The van der Waals surface area contributed by atoms with E-state index < -0.39 is 6.10 Å². The fraction of sp³-hybridized carbons (Fsp3) is 0.294. The van der Waals surface area contributed by atoms with Gasteiger partial charge < -0.3 is 5.11 Å². The highest BCUT2D eigenvalue weighted by molar-refractivity contribution is 7.98. The van der Waals surface area contributed by atoms with Gasteiger partial charge in [-0.05, 0) is 50.1 Å². The fourth-order valence-corrected chi connectivity index (χ4v) is 3.34. The van der Waals surface area contributed by atoms with Crippen LogP contribution in [0.25, 0.3) is 0 Å². The van der Waals surface area contributed by atoms with Gasteiger partial charge in [0, 0.05) is 10.6 Å². The second-order valence-corrected chi connectivity index (χ2v) is 6.16. The molecule has 2 aromatic rings. The molecule has 3 heteroatoms. The average molecular weight is 290 g/mol. The molecule has 0 aliphatic carbocycles. The Kier molecular flexibility index (Phi) is 4.84. The second kappa shape index (κ2) is 6.42. The van der Waals surface area contributed by atoms with Crippen molar-refractivity contribution in [2.24, 2.45) is 0 Å². The Balaban J connectivity index is 2.18. The summed E-state index contributed by atoms with van der Waals surface area (Å²) in [5, 5.41) is 9.73. The molecule has 2 rings (SSSR count). The number of rotatable bonds is 4. The molecule has 0 radical (unpaired) electrons. The molecule has 20 heavy (non-hydrogen) atoms. The first-order valence-corrected chi connectivity index (χ1v) is 7.62. The smallest absolute Gasteiger partial charge is 0.123 e. The van der Waals surface area contributed by atoms with Crippen molar-refractivity contribution in [2.45, 2.75) is 37.5 Å². The maximum Gasteiger partial charge on any atom is 0.123 e. The molecule has 0 aliphatic rings. The lowest BCUT2D eigenvalue weighted by atomic mass is 10.1. The summed E-state index contributed by atoms with van der Waals surface area (Å²) < 4.78 is 13.3. The molecular formula is C17H19FOS. The van der Waals surface area contributed by atoms with Crippen molar-refractivity contribution >= 4 is 11.8 Å². The van der Waals surface area contributed by atoms with Crippen LogP contribution < -0.4 is 0 Å². The van der Waals surface area contributed by atoms with E-state index in [1.54, 1.807) is 24.8 Å². The zero-order valence-electron chi connectivity index (χ0n) is 12.0. The maximum absolute atomic E-state index is 13.3. The van der Waals surface area contributed by atoms with E-state index in [-0.39, 0.29) is 5.82 Å². The number of hydrogen-bond donors (Lipinski definition) is 1. The Morgan fingerprint density at radius 2 is 1.75 bits per heavy atom. The van der Waals surface area contributed by atoms with Crippen LogP contribution in [0.2, 0.25) is 0 Å². The van der Waals surface area contributed by atoms with Gasteiger partial charge >= 0.3 is 0 Å². The summed E-state index contributed by atoms with van der Waals surface area (Å²) in [7, 11) is 0. The van der Waals surface area contributed by atoms with Gasteiger partial charge in [-0.25, -0.2) is 4.39 Å². The highest BCUT2D eigenvalue weighted by Gasteiger charge is 2.10. The van der Waals surface area contributed by atoms with E-state index in [2.05, 4.69) is 32.0 Å². The largest absolute Gasteiger partial charge is 0.389 e. The lowest BCUT2D eigenvalue weighted by Gasteiger charge is -2.12. The van der Waals surface area contributed by atoms with E-state index in [4.69, 9.17) is 0 Å². The lowest BCUT2D eigenvalue weighted by Crippen LogP contribution is -1.96. The van der Waals surface area contributed by atoms with Gasteiger partial charge in [0.1, 0.15) is 5.82 Å². The predicted octanol–water partition coefficient (Wildman–Crippen LogP) is 4.79. The first-order chi connectivity index (χ1) is 9.45. The van der Waals surface area contributed by atoms with Gasteiger partial charge in [0.05, 0.1) is 6.10 Å². The molecule has 0 aliphatic heterocycles. The molecule has 0 saturated carbocycles. The van der Waals surface area contributed by atoms with Crippen molar-refractivity contribution in [3.05, 3.63) is 64.5 Å². The summed E-state index contributed by atoms with van der Waals surface area (Å²) in [6.45, 7) is 5.83. The van der Waals surface area contributed by atoms with Crippen LogP contribution in [-0.4, -0.2) is 5.11 Å². The van der Waals surface area contributed by atoms with Gasteiger partial charge in [-0.3, -0.25) is 0 Å². The highest BCUT2D eigenvalue weighted by Crippen LogP contribution is 2.31. The van der Waals surface area contributed by atoms with Crippen molar-refractivity contribution in [3.63, 3.8) is 0 Å². The number of halogens is 1. The number of aryl methyl sites for hydroxylation is 2. The SMILES string of the molecule is Cc1cc(C)cc(CSc2ccc(F)cc2[C@H](C)O)c1. The van der Waals surface area contributed by atoms with E-state index in [0.717, 1.165) is 10.6 Å². The number of aliphatic hydroxyl groups is 1. The molecular weight excluding hydrogens is 271 g/mol. The first kappa shape index (κ1) is 15.1. The highest BCUT2D eigenvalue weighted by atomic mass is 32.2. The Hall–Kier alpha value is -1.32. The Morgan fingerprint density at radius 1 is 1.10 bits per heavy atom. The van der Waals surface area contributed by atoms with Crippen LogP contribution in [0.5, 0.6) is 0 Å². The first-order valence-electron chi connectivity index (χ1n) is 6.63. The van der Waals surface area contributed by atoms with Gasteiger partial charge in [0.15, 0.2) is 0 Å². The van der Waals surface area contributed by atoms with Gasteiger partial charge in [0.2, 0.25) is 0 Å². The third kappa shape index (κ3) is 3.84. The Labute approximate surface area is 123 Å². The third-order valence-electron chi connectivity index (χ3n) is 3.10. The standard InChI is InChI=1S/C17H19FOS/c1-11-6-12(2)8-14(7-11)10-20-17-5-4-15(18)9-16(17)13(3)19/h4-9,13,19H,10H2,1-3H3/t13-/m0/s1. The van der Waals surface area contributed by atoms with Crippen molar-refractivity contribution in [1.29, 1.82) is 0 Å². The van der Waals surface area contributed by atoms with Gasteiger partial charge in [-0.1, -0.05) is 29.3 Å². The van der Waals surface area contributed by atoms with Crippen LogP contribution >= 0.6 is 11.8 Å². The molecule has 0 bridgehead atoms. The minimum absolute atomic E-state index is 0.309. The van der Waals surface area contributed by atoms with Crippen LogP contribution in [0.3, 0.4) is 0 Å². The Bertz CT molecular complexity index is 588. The summed E-state index contributed by atoms with van der Waals surface area (Å²) >= 11 is 1.63. The Morgan fingerprint density at radius 3 is 2.35 bits per heavy atom. The third-order valence-corrected chi connectivity index (χ3v) is 4.26. The molecule has 1 atom stereocenters. The van der Waals surface area contributed by atoms with Gasteiger partial charge in [0.25, 0.3) is 0 Å². The summed E-state index contributed by atoms with van der Waals surface area (Å²) in [6, 6.07) is 11.1. The molecule has 0 saturated heterocycles. The van der Waals surface area contributed by atoms with Crippen LogP contribution in [0.4, 0.5) is 4.39 Å². The summed E-state index contributed by atoms with van der Waals surface area (Å²) in [6.07, 6.45) is -0.660. The molecule has 2 aromatic carbocycles. The minimum atomic E-state index is -0.660. The number of hydrogen-bond acceptors (Lipinski definition) is 2. The minimum Gasteiger partial charge on any atom is -0.389 e. The summed E-state index contributed by atoms with van der Waals surface area (Å²) in [5.41, 5.74) is 4.39. The number of thioether (sulfide) groups is 1. The van der Waals surface area contributed by atoms with E-state index in [0.29, 0.717) is 5.56 Å². The molecule has 0 aromatic heterocycles. The van der Waals surface area contributed by atoms with E-state index in [1.165, 1.54) is 28.8 Å². The molecule has 0 amide bonds. The van der Waals surface area contributed by atoms with Crippen LogP contribution in [0.1, 0.15) is 35.3 Å². The molecule has 0 unspecified atom stereocenters. The zero-order valence-corrected chi connectivity index (χ0v) is 12.8. The van der Waals surface area contributed by atoms with Crippen LogP contribution in [0.15, 0.2) is 41.3 Å². The molecule has 0 fully saturated rings. The summed E-state index contributed by atoms with van der Waals surface area (Å²) in [5.74, 6) is 0.505. The summed E-state index contributed by atoms with van der Waals surface area (Å²) in [4.78, 5) is 0.931. The van der Waals surface area contributed by atoms with E-state index >= 15 is 0 Å². The zero-order chi connectivity index (χ0) is 14.7. The van der Waals surface area contributed by atoms with Gasteiger partial charge in [-0.15, -0.1) is 11.8 Å². The van der Waals surface area contributed by atoms with Crippen molar-refractivity contribution in [3.8, 4) is 0 Å². The monoisotopic (exact) mass is 290 g/mol. The topological polar surface area (TPSA) is 20.2 Å². The molecule has 0 spiro atoms. The molecule has 1 nitrogen and oxygen atoms in total. The fourth-order valence-electron chi connectivity index (χ4n) is 2.29. The van der Waals surface area contributed by atoms with Crippen molar-refractivity contribution < 1.29 is 9.50 Å². The van der Waals surface area contributed by atoms with Gasteiger partial charge in [-0.2, -0.15) is 0 Å². The normalized spacial score (nSPS) is 12.4. The van der Waals surface area contributed by atoms with E-state index in [1.807, 2.05) is 0 Å². The lowest BCUT2D eigenvalue weighted by molar-refractivity contribution is 0.196. The maximum atomic E-state index is 13.3. The predicted molar refractivity (Wildman–Crippen MR) is 82.5 cm³/mol. The van der Waals surface area contributed by atoms with Crippen molar-refractivity contribution in [2.75, 3.05) is 0 Å². The second-order valence-electron chi connectivity index (χ2n) is 5.14. The van der Waals surface area contributed by atoms with Crippen LogP contribution in [0, 0.1) is 19.7 Å². The number of aliphatic hydroxyl groups excluding tert-OH is 1. The van der Waals surface area contributed by atoms with Crippen molar-refractivity contribution in [1.82, 2.24) is 0 Å².